The molecule has 110 valence electrons. The lowest BCUT2D eigenvalue weighted by atomic mass is 9.81. The second-order valence-corrected chi connectivity index (χ2v) is 5.73. The van der Waals surface area contributed by atoms with Crippen molar-refractivity contribution in [1.29, 1.82) is 0 Å². The van der Waals surface area contributed by atoms with Crippen LogP contribution in [0.3, 0.4) is 0 Å². The summed E-state index contributed by atoms with van der Waals surface area (Å²) >= 11 is 9.09. The minimum absolute atomic E-state index is 0.0651. The zero-order valence-corrected chi connectivity index (χ0v) is 12.3. The molecule has 1 N–H and O–H groups in total. The monoisotopic (exact) mass is 371 g/mol. The molecule has 0 radical (unpaired) electrons. The van der Waals surface area contributed by atoms with Crippen LogP contribution < -0.4 is 5.32 Å². The Bertz CT molecular complexity index is 518. The van der Waals surface area contributed by atoms with Gasteiger partial charge in [0.1, 0.15) is 0 Å². The Hall–Kier alpha value is -0.790. The standard InChI is InChI=1S/C12H10BrClF3NO2/c13-9-2-1-7(5-10(9)14)18-11(19)6-3-8(4-6)20-12(15,16)17/h1-2,5-6,8H,3-4H2,(H,18,19). The molecule has 0 bridgehead atoms. The van der Waals surface area contributed by atoms with Crippen LogP contribution in [0.4, 0.5) is 18.9 Å². The summed E-state index contributed by atoms with van der Waals surface area (Å²) in [4.78, 5) is 11.8. The average Bonchev–Trinajstić information content (AvgIpc) is 2.26. The SMILES string of the molecule is O=C(Nc1ccc(Br)c(Cl)c1)C1CC(OC(F)(F)F)C1. The lowest BCUT2D eigenvalue weighted by molar-refractivity contribution is -0.353. The van der Waals surface area contributed by atoms with Crippen LogP contribution in [0.1, 0.15) is 12.8 Å². The van der Waals surface area contributed by atoms with Gasteiger partial charge in [0.05, 0.1) is 11.1 Å². The lowest BCUT2D eigenvalue weighted by Gasteiger charge is -2.34. The van der Waals surface area contributed by atoms with Crippen LogP contribution in [0.2, 0.25) is 5.02 Å². The lowest BCUT2D eigenvalue weighted by Crippen LogP contribution is -2.41. The zero-order chi connectivity index (χ0) is 14.9. The number of nitrogens with one attached hydrogen (secondary N) is 1. The fourth-order valence-electron chi connectivity index (χ4n) is 1.88. The molecule has 0 aliphatic heterocycles. The number of carbonyl (C=O) groups excluding carboxylic acids is 1. The van der Waals surface area contributed by atoms with E-state index in [4.69, 9.17) is 11.6 Å². The Morgan fingerprint density at radius 2 is 2.05 bits per heavy atom. The molecule has 0 spiro atoms. The van der Waals surface area contributed by atoms with Gasteiger partial charge < -0.3 is 5.32 Å². The van der Waals surface area contributed by atoms with E-state index in [2.05, 4.69) is 26.0 Å². The van der Waals surface area contributed by atoms with Crippen molar-refractivity contribution in [3.05, 3.63) is 27.7 Å². The van der Waals surface area contributed by atoms with Crippen LogP contribution in [-0.4, -0.2) is 18.4 Å². The molecule has 1 fully saturated rings. The Balaban J connectivity index is 1.84. The van der Waals surface area contributed by atoms with Crippen molar-refractivity contribution in [3.8, 4) is 0 Å². The number of hydrogen-bond donors (Lipinski definition) is 1. The summed E-state index contributed by atoms with van der Waals surface area (Å²) < 4.78 is 40.4. The quantitative estimate of drug-likeness (QED) is 0.856. The molecule has 1 amide bonds. The maximum Gasteiger partial charge on any atom is 0.522 e. The summed E-state index contributed by atoms with van der Waals surface area (Å²) in [6, 6.07) is 4.89. The van der Waals surface area contributed by atoms with E-state index in [-0.39, 0.29) is 18.7 Å². The highest BCUT2D eigenvalue weighted by Crippen LogP contribution is 2.35. The molecule has 3 nitrogen and oxygen atoms in total. The molecule has 0 heterocycles. The van der Waals surface area contributed by atoms with Crippen molar-refractivity contribution in [2.45, 2.75) is 25.3 Å². The van der Waals surface area contributed by atoms with Crippen LogP contribution in [-0.2, 0) is 9.53 Å². The van der Waals surface area contributed by atoms with E-state index in [0.29, 0.717) is 15.2 Å². The first-order valence-corrected chi connectivity index (χ1v) is 6.92. The molecule has 1 aliphatic carbocycles. The molecule has 1 aromatic carbocycles. The summed E-state index contributed by atoms with van der Waals surface area (Å²) in [5, 5.41) is 3.05. The number of alkyl halides is 3. The smallest absolute Gasteiger partial charge is 0.326 e. The van der Waals surface area contributed by atoms with Crippen molar-refractivity contribution in [2.75, 3.05) is 5.32 Å². The van der Waals surface area contributed by atoms with E-state index in [1.54, 1.807) is 18.2 Å². The second-order valence-electron chi connectivity index (χ2n) is 4.47. The van der Waals surface area contributed by atoms with Gasteiger partial charge >= 0.3 is 6.36 Å². The molecule has 1 aliphatic rings. The topological polar surface area (TPSA) is 38.3 Å². The van der Waals surface area contributed by atoms with Gasteiger partial charge in [0.25, 0.3) is 0 Å². The van der Waals surface area contributed by atoms with Gasteiger partial charge in [0.15, 0.2) is 0 Å². The molecule has 2 rings (SSSR count). The molecule has 0 atom stereocenters. The molecule has 0 aromatic heterocycles. The van der Waals surface area contributed by atoms with Crippen LogP contribution in [0.5, 0.6) is 0 Å². The normalized spacial score (nSPS) is 22.2. The minimum atomic E-state index is -4.65. The van der Waals surface area contributed by atoms with Crippen LogP contribution in [0.15, 0.2) is 22.7 Å². The highest BCUT2D eigenvalue weighted by molar-refractivity contribution is 9.10. The van der Waals surface area contributed by atoms with Crippen molar-refractivity contribution >= 4 is 39.1 Å². The Kier molecular flexibility index (Phi) is 4.61. The largest absolute Gasteiger partial charge is 0.522 e. The van der Waals surface area contributed by atoms with Crippen molar-refractivity contribution < 1.29 is 22.7 Å². The second kappa shape index (κ2) is 5.91. The summed E-state index contributed by atoms with van der Waals surface area (Å²) in [5.74, 6) is -0.796. The molecule has 0 saturated heterocycles. The number of benzene rings is 1. The number of halogens is 5. The first-order chi connectivity index (χ1) is 9.24. The molecule has 1 aromatic rings. The number of rotatable bonds is 3. The summed E-state index contributed by atoms with van der Waals surface area (Å²) in [6.07, 6.45) is -5.45. The summed E-state index contributed by atoms with van der Waals surface area (Å²) in [7, 11) is 0. The van der Waals surface area contributed by atoms with Gasteiger partial charge in [-0.2, -0.15) is 0 Å². The number of amides is 1. The Morgan fingerprint density at radius 1 is 1.40 bits per heavy atom. The first-order valence-electron chi connectivity index (χ1n) is 5.75. The Labute approximate surface area is 126 Å². The number of hydrogen-bond acceptors (Lipinski definition) is 2. The molecule has 0 unspecified atom stereocenters. The van der Waals surface area contributed by atoms with E-state index < -0.39 is 18.4 Å². The van der Waals surface area contributed by atoms with Crippen molar-refractivity contribution in [2.24, 2.45) is 5.92 Å². The number of anilines is 1. The van der Waals surface area contributed by atoms with Gasteiger partial charge in [-0.3, -0.25) is 9.53 Å². The van der Waals surface area contributed by atoms with Gasteiger partial charge in [-0.15, -0.1) is 13.2 Å². The van der Waals surface area contributed by atoms with Crippen molar-refractivity contribution in [3.63, 3.8) is 0 Å². The van der Waals surface area contributed by atoms with E-state index in [1.807, 2.05) is 0 Å². The highest BCUT2D eigenvalue weighted by atomic mass is 79.9. The van der Waals surface area contributed by atoms with Gasteiger partial charge in [-0.05, 0) is 47.0 Å². The molecule has 20 heavy (non-hydrogen) atoms. The predicted octanol–water partition coefficient (Wildman–Crippen LogP) is 4.36. The fourth-order valence-corrected chi connectivity index (χ4v) is 2.31. The fraction of sp³-hybridized carbons (Fsp3) is 0.417. The van der Waals surface area contributed by atoms with Gasteiger partial charge in [-0.25, -0.2) is 0 Å². The number of carbonyl (C=O) groups is 1. The molecular formula is C12H10BrClF3NO2. The van der Waals surface area contributed by atoms with Gasteiger partial charge in [0, 0.05) is 16.1 Å². The molecule has 1 saturated carbocycles. The van der Waals surface area contributed by atoms with Crippen LogP contribution in [0.25, 0.3) is 0 Å². The highest BCUT2D eigenvalue weighted by Gasteiger charge is 2.42. The average molecular weight is 373 g/mol. The first kappa shape index (κ1) is 15.6. The third kappa shape index (κ3) is 4.10. The van der Waals surface area contributed by atoms with Crippen LogP contribution >= 0.6 is 27.5 Å². The van der Waals surface area contributed by atoms with Crippen molar-refractivity contribution in [1.82, 2.24) is 0 Å². The third-order valence-corrected chi connectivity index (χ3v) is 4.19. The summed E-state index contributed by atoms with van der Waals surface area (Å²) in [6.45, 7) is 0. The van der Waals surface area contributed by atoms with E-state index >= 15 is 0 Å². The van der Waals surface area contributed by atoms with Gasteiger partial charge in [0.2, 0.25) is 5.91 Å². The maximum absolute atomic E-state index is 11.9. The van der Waals surface area contributed by atoms with E-state index in [1.165, 1.54) is 0 Å². The molecular weight excluding hydrogens is 362 g/mol. The maximum atomic E-state index is 11.9. The van der Waals surface area contributed by atoms with E-state index in [9.17, 15) is 18.0 Å². The minimum Gasteiger partial charge on any atom is -0.326 e. The third-order valence-electron chi connectivity index (χ3n) is 2.95. The van der Waals surface area contributed by atoms with Gasteiger partial charge in [-0.1, -0.05) is 11.6 Å². The summed E-state index contributed by atoms with van der Waals surface area (Å²) in [5.41, 5.74) is 0.503. The Morgan fingerprint density at radius 3 is 2.60 bits per heavy atom. The zero-order valence-electron chi connectivity index (χ0n) is 10.0. The van der Waals surface area contributed by atoms with Crippen LogP contribution in [0, 0.1) is 5.92 Å². The number of ether oxygens (including phenoxy) is 1. The predicted molar refractivity (Wildman–Crippen MR) is 71.4 cm³/mol. The van der Waals surface area contributed by atoms with E-state index in [0.717, 1.165) is 0 Å². The molecule has 8 heteroatoms.